The molecule has 0 spiro atoms. The number of carbonyl (C=O) groups excluding carboxylic acids is 2. The number of furan rings is 1. The van der Waals surface area contributed by atoms with Gasteiger partial charge in [-0.1, -0.05) is 26.0 Å². The van der Waals surface area contributed by atoms with Gasteiger partial charge in [0, 0.05) is 18.4 Å². The third kappa shape index (κ3) is 3.36. The number of halogens is 1. The van der Waals surface area contributed by atoms with Crippen LogP contribution in [0.15, 0.2) is 28.7 Å². The molecule has 0 saturated carbocycles. The molecule has 1 aromatic heterocycles. The lowest BCUT2D eigenvalue weighted by atomic mass is 9.93. The molecule has 1 atom stereocenters. The van der Waals surface area contributed by atoms with Gasteiger partial charge in [0.05, 0.1) is 11.6 Å². The van der Waals surface area contributed by atoms with E-state index in [1.54, 1.807) is 19.1 Å². The third-order valence-electron chi connectivity index (χ3n) is 4.69. The summed E-state index contributed by atoms with van der Waals surface area (Å²) in [4.78, 5) is 24.9. The summed E-state index contributed by atoms with van der Waals surface area (Å²) < 4.78 is 18.9. The molecule has 25 heavy (non-hydrogen) atoms. The molecule has 0 fully saturated rings. The minimum atomic E-state index is -0.345. The average molecular weight is 343 g/mol. The van der Waals surface area contributed by atoms with Gasteiger partial charge in [0.1, 0.15) is 11.6 Å². The number of amides is 1. The van der Waals surface area contributed by atoms with E-state index < -0.39 is 0 Å². The number of carbonyl (C=O) groups is 2. The van der Waals surface area contributed by atoms with E-state index in [9.17, 15) is 14.0 Å². The number of benzene rings is 1. The van der Waals surface area contributed by atoms with Crippen molar-refractivity contribution in [1.82, 2.24) is 5.32 Å². The van der Waals surface area contributed by atoms with E-state index in [4.69, 9.17) is 4.42 Å². The molecule has 0 radical (unpaired) electrons. The maximum atomic E-state index is 13.2. The summed E-state index contributed by atoms with van der Waals surface area (Å²) in [6.45, 7) is 5.72. The van der Waals surface area contributed by atoms with Gasteiger partial charge in [0.15, 0.2) is 11.5 Å². The van der Waals surface area contributed by atoms with Gasteiger partial charge >= 0.3 is 0 Å². The normalized spacial score (nSPS) is 15.2. The fourth-order valence-corrected chi connectivity index (χ4v) is 3.38. The second kappa shape index (κ2) is 6.82. The van der Waals surface area contributed by atoms with E-state index in [1.165, 1.54) is 12.1 Å². The van der Waals surface area contributed by atoms with E-state index in [-0.39, 0.29) is 35.2 Å². The monoisotopic (exact) mass is 343 g/mol. The highest BCUT2D eigenvalue weighted by molar-refractivity contribution is 6.03. The number of hydrogen-bond acceptors (Lipinski definition) is 3. The molecule has 5 heteroatoms. The molecule has 1 amide bonds. The number of ketones is 1. The Morgan fingerprint density at radius 3 is 2.48 bits per heavy atom. The molecule has 3 rings (SSSR count). The summed E-state index contributed by atoms with van der Waals surface area (Å²) in [5.41, 5.74) is 2.01. The second-order valence-corrected chi connectivity index (χ2v) is 6.88. The molecule has 0 bridgehead atoms. The van der Waals surface area contributed by atoms with Crippen LogP contribution in [0.1, 0.15) is 70.5 Å². The summed E-state index contributed by atoms with van der Waals surface area (Å²) in [5, 5.41) is 2.97. The van der Waals surface area contributed by atoms with Crippen molar-refractivity contribution in [3.05, 3.63) is 58.3 Å². The quantitative estimate of drug-likeness (QED) is 0.896. The number of Topliss-reactive ketones (excluding diaryl/α,β-unsaturated/α-hetero) is 1. The molecule has 1 N–H and O–H groups in total. The summed E-state index contributed by atoms with van der Waals surface area (Å²) in [6, 6.07) is 5.83. The summed E-state index contributed by atoms with van der Waals surface area (Å²) >= 11 is 0. The van der Waals surface area contributed by atoms with Crippen molar-refractivity contribution in [3.8, 4) is 0 Å². The van der Waals surface area contributed by atoms with Gasteiger partial charge in [0.25, 0.3) is 5.91 Å². The first-order valence-corrected chi connectivity index (χ1v) is 8.60. The van der Waals surface area contributed by atoms with Crippen molar-refractivity contribution in [2.24, 2.45) is 5.92 Å². The van der Waals surface area contributed by atoms with Crippen LogP contribution < -0.4 is 5.32 Å². The van der Waals surface area contributed by atoms with Gasteiger partial charge in [-0.15, -0.1) is 0 Å². The van der Waals surface area contributed by atoms with Crippen LogP contribution in [0.5, 0.6) is 0 Å². The van der Waals surface area contributed by atoms with Crippen LogP contribution in [0.25, 0.3) is 0 Å². The van der Waals surface area contributed by atoms with Gasteiger partial charge in [0.2, 0.25) is 0 Å². The minimum absolute atomic E-state index is 0.0421. The summed E-state index contributed by atoms with van der Waals surface area (Å²) in [7, 11) is 0. The van der Waals surface area contributed by atoms with Crippen molar-refractivity contribution in [2.75, 3.05) is 0 Å². The van der Waals surface area contributed by atoms with Gasteiger partial charge in [-0.05, 0) is 37.0 Å². The highest BCUT2D eigenvalue weighted by atomic mass is 19.1. The predicted molar refractivity (Wildman–Crippen MR) is 92.2 cm³/mol. The van der Waals surface area contributed by atoms with Crippen LogP contribution >= 0.6 is 0 Å². The number of nitrogens with one attached hydrogen (secondary N) is 1. The zero-order chi connectivity index (χ0) is 18.1. The van der Waals surface area contributed by atoms with E-state index in [0.717, 1.165) is 12.0 Å². The van der Waals surface area contributed by atoms with Gasteiger partial charge in [-0.2, -0.15) is 0 Å². The van der Waals surface area contributed by atoms with Crippen LogP contribution in [0.3, 0.4) is 0 Å². The lowest BCUT2D eigenvalue weighted by molar-refractivity contribution is 0.0892. The SMILES string of the molecule is Cc1c(C(=O)N[C@@H](c2ccc(F)cc2)C(C)C)oc2c1C(=O)CCC2. The number of aryl methyl sites for hydroxylation is 1. The van der Waals surface area contributed by atoms with Crippen molar-refractivity contribution >= 4 is 11.7 Å². The Kier molecular flexibility index (Phi) is 4.75. The van der Waals surface area contributed by atoms with Gasteiger partial charge in [-0.25, -0.2) is 4.39 Å². The van der Waals surface area contributed by atoms with E-state index in [2.05, 4.69) is 5.32 Å². The topological polar surface area (TPSA) is 59.3 Å². The van der Waals surface area contributed by atoms with Gasteiger partial charge in [-0.3, -0.25) is 9.59 Å². The van der Waals surface area contributed by atoms with E-state index >= 15 is 0 Å². The molecule has 0 unspecified atom stereocenters. The van der Waals surface area contributed by atoms with Crippen LogP contribution in [-0.2, 0) is 6.42 Å². The highest BCUT2D eigenvalue weighted by Crippen LogP contribution is 2.30. The smallest absolute Gasteiger partial charge is 0.287 e. The lowest BCUT2D eigenvalue weighted by Gasteiger charge is -2.22. The first kappa shape index (κ1) is 17.4. The molecule has 0 saturated heterocycles. The standard InChI is InChI=1S/C20H22FNO3/c1-11(2)18(13-7-9-14(21)10-8-13)22-20(24)19-12(3)17-15(23)5-4-6-16(17)25-19/h7-11,18H,4-6H2,1-3H3,(H,22,24)/t18-/m1/s1. The summed E-state index contributed by atoms with van der Waals surface area (Å²) in [5.74, 6) is 0.310. The average Bonchev–Trinajstić information content (AvgIpc) is 2.91. The fourth-order valence-electron chi connectivity index (χ4n) is 3.38. The Hall–Kier alpha value is -2.43. The van der Waals surface area contributed by atoms with Crippen LogP contribution in [0.4, 0.5) is 4.39 Å². The predicted octanol–water partition coefficient (Wildman–Crippen LogP) is 4.37. The second-order valence-electron chi connectivity index (χ2n) is 6.88. The molecule has 2 aromatic rings. The molecule has 1 aliphatic carbocycles. The minimum Gasteiger partial charge on any atom is -0.455 e. The molecule has 4 nitrogen and oxygen atoms in total. The van der Waals surface area contributed by atoms with Crippen LogP contribution in [-0.4, -0.2) is 11.7 Å². The lowest BCUT2D eigenvalue weighted by Crippen LogP contribution is -2.32. The Labute approximate surface area is 146 Å². The number of rotatable bonds is 4. The van der Waals surface area contributed by atoms with E-state index in [1.807, 2.05) is 13.8 Å². The number of fused-ring (bicyclic) bond motifs is 1. The molecular weight excluding hydrogens is 321 g/mol. The summed E-state index contributed by atoms with van der Waals surface area (Å²) in [6.07, 6.45) is 1.93. The highest BCUT2D eigenvalue weighted by Gasteiger charge is 2.30. The molecule has 132 valence electrons. The molecular formula is C20H22FNO3. The van der Waals surface area contributed by atoms with E-state index in [0.29, 0.717) is 29.7 Å². The maximum Gasteiger partial charge on any atom is 0.287 e. The first-order valence-electron chi connectivity index (χ1n) is 8.60. The maximum absolute atomic E-state index is 13.2. The molecule has 1 aliphatic rings. The fraction of sp³-hybridized carbons (Fsp3) is 0.400. The molecule has 0 aliphatic heterocycles. The van der Waals surface area contributed by atoms with Crippen molar-refractivity contribution in [2.45, 2.75) is 46.1 Å². The first-order chi connectivity index (χ1) is 11.9. The largest absolute Gasteiger partial charge is 0.455 e. The molecule has 1 heterocycles. The zero-order valence-corrected chi connectivity index (χ0v) is 14.7. The molecule has 1 aromatic carbocycles. The van der Waals surface area contributed by atoms with Gasteiger partial charge < -0.3 is 9.73 Å². The van der Waals surface area contributed by atoms with Crippen LogP contribution in [0.2, 0.25) is 0 Å². The number of hydrogen-bond donors (Lipinski definition) is 1. The van der Waals surface area contributed by atoms with Crippen LogP contribution in [0, 0.1) is 18.7 Å². The van der Waals surface area contributed by atoms with Crippen molar-refractivity contribution < 1.29 is 18.4 Å². The van der Waals surface area contributed by atoms with Crippen molar-refractivity contribution in [1.29, 1.82) is 0 Å². The Morgan fingerprint density at radius 2 is 1.88 bits per heavy atom. The third-order valence-corrected chi connectivity index (χ3v) is 4.69. The van der Waals surface area contributed by atoms with Crippen molar-refractivity contribution in [3.63, 3.8) is 0 Å². The zero-order valence-electron chi connectivity index (χ0n) is 14.7. The Bertz CT molecular complexity index is 805. The Morgan fingerprint density at radius 1 is 1.20 bits per heavy atom. The Balaban J connectivity index is 1.87.